The first-order chi connectivity index (χ1) is 16.1. The van der Waals surface area contributed by atoms with Gasteiger partial charge in [-0.2, -0.15) is 13.2 Å². The first kappa shape index (κ1) is 23.1. The summed E-state index contributed by atoms with van der Waals surface area (Å²) in [7, 11) is 0. The molecule has 4 rings (SSSR count). The lowest BCUT2D eigenvalue weighted by molar-refractivity contribution is -0.137. The first-order valence-electron chi connectivity index (χ1n) is 9.61. The molecule has 0 spiro atoms. The van der Waals surface area contributed by atoms with Gasteiger partial charge in [0.25, 0.3) is 17.1 Å². The van der Waals surface area contributed by atoms with Crippen LogP contribution in [0.4, 0.5) is 18.0 Å². The van der Waals surface area contributed by atoms with Gasteiger partial charge < -0.3 is 10.5 Å². The number of benzene rings is 2. The van der Waals surface area contributed by atoms with Crippen molar-refractivity contribution in [1.29, 1.82) is 0 Å². The van der Waals surface area contributed by atoms with Crippen LogP contribution in [-0.4, -0.2) is 22.0 Å². The highest BCUT2D eigenvalue weighted by Gasteiger charge is 2.32. The van der Waals surface area contributed by atoms with Gasteiger partial charge in [0.15, 0.2) is 0 Å². The lowest BCUT2D eigenvalue weighted by Gasteiger charge is -2.13. The van der Waals surface area contributed by atoms with Crippen LogP contribution in [0.2, 0.25) is 0 Å². The lowest BCUT2D eigenvalue weighted by atomic mass is 10.1. The van der Waals surface area contributed by atoms with Crippen molar-refractivity contribution < 1.29 is 32.3 Å². The van der Waals surface area contributed by atoms with E-state index in [0.29, 0.717) is 28.8 Å². The van der Waals surface area contributed by atoms with Crippen LogP contribution in [0.25, 0.3) is 17.3 Å². The second-order valence-corrected chi connectivity index (χ2v) is 8.02. The molecule has 172 valence electrons. The molecule has 34 heavy (non-hydrogen) atoms. The van der Waals surface area contributed by atoms with Crippen molar-refractivity contribution in [1.82, 2.24) is 10.3 Å². The Morgan fingerprint density at radius 1 is 1.06 bits per heavy atom. The number of pyridine rings is 1. The van der Waals surface area contributed by atoms with E-state index in [0.717, 1.165) is 18.2 Å². The Bertz CT molecular complexity index is 1340. The Kier molecular flexibility index (Phi) is 6.12. The molecule has 2 heterocycles. The molecule has 0 bridgehead atoms. The van der Waals surface area contributed by atoms with Crippen LogP contribution < -0.4 is 15.8 Å². The number of primary amides is 1. The number of nitrogens with one attached hydrogen (secondary N) is 1. The molecule has 1 aliphatic heterocycles. The maximum absolute atomic E-state index is 13.2. The van der Waals surface area contributed by atoms with Crippen molar-refractivity contribution in [3.05, 3.63) is 82.4 Å². The predicted molar refractivity (Wildman–Crippen MR) is 119 cm³/mol. The number of thioether (sulfide) groups is 1. The van der Waals surface area contributed by atoms with Crippen LogP contribution in [0.3, 0.4) is 0 Å². The number of amides is 3. The molecular weight excluding hydrogens is 471 g/mol. The molecule has 2 aromatic carbocycles. The van der Waals surface area contributed by atoms with Gasteiger partial charge in [-0.05, 0) is 72.4 Å². The van der Waals surface area contributed by atoms with Gasteiger partial charge in [-0.3, -0.25) is 19.7 Å². The summed E-state index contributed by atoms with van der Waals surface area (Å²) in [4.78, 5) is 38.7. The Morgan fingerprint density at radius 3 is 2.41 bits per heavy atom. The van der Waals surface area contributed by atoms with Gasteiger partial charge in [0.05, 0.1) is 16.2 Å². The minimum atomic E-state index is -4.61. The molecule has 0 radical (unpaired) electrons. The summed E-state index contributed by atoms with van der Waals surface area (Å²) in [6, 6.07) is 14.1. The molecule has 1 aromatic heterocycles. The second kappa shape index (κ2) is 9.02. The Labute approximate surface area is 194 Å². The number of nitrogens with two attached hydrogens (primary N) is 1. The number of aromatic nitrogens is 1. The number of carbonyl (C=O) groups is 3. The van der Waals surface area contributed by atoms with Crippen LogP contribution in [-0.2, 0) is 11.0 Å². The molecule has 0 saturated carbocycles. The highest BCUT2D eigenvalue weighted by Crippen LogP contribution is 2.37. The zero-order valence-electron chi connectivity index (χ0n) is 17.1. The zero-order valence-corrected chi connectivity index (χ0v) is 17.9. The monoisotopic (exact) mass is 485 g/mol. The van der Waals surface area contributed by atoms with Gasteiger partial charge in [0.2, 0.25) is 0 Å². The molecule has 11 heteroatoms. The fraction of sp³-hybridized carbons (Fsp3) is 0.0435. The van der Waals surface area contributed by atoms with Gasteiger partial charge >= 0.3 is 6.18 Å². The predicted octanol–water partition coefficient (Wildman–Crippen LogP) is 4.98. The standard InChI is InChI=1S/C23H14F3N3O4S/c24-23(25,26)14-6-9-18(13(10-14)11-19-21(31)29-22(32)34-19)33-15-7-4-12(5-8-15)16-2-1-3-17(28-16)20(27)30/h1-11H,(H2,27,30)(H,29,31,32). The molecule has 0 unspecified atom stereocenters. The summed E-state index contributed by atoms with van der Waals surface area (Å²) in [5.41, 5.74) is 5.55. The van der Waals surface area contributed by atoms with Crippen LogP contribution in [0.1, 0.15) is 21.6 Å². The van der Waals surface area contributed by atoms with Crippen molar-refractivity contribution in [2.45, 2.75) is 6.18 Å². The highest BCUT2D eigenvalue weighted by molar-refractivity contribution is 8.18. The number of ether oxygens (including phenoxy) is 1. The third-order valence-corrected chi connectivity index (χ3v) is 5.46. The van der Waals surface area contributed by atoms with Crippen molar-refractivity contribution in [2.75, 3.05) is 0 Å². The third-order valence-electron chi connectivity index (χ3n) is 4.65. The number of alkyl halides is 3. The fourth-order valence-electron chi connectivity index (χ4n) is 3.05. The van der Waals surface area contributed by atoms with E-state index in [2.05, 4.69) is 10.3 Å². The van der Waals surface area contributed by atoms with E-state index in [1.54, 1.807) is 36.4 Å². The molecule has 3 amide bonds. The summed E-state index contributed by atoms with van der Waals surface area (Å²) < 4.78 is 45.5. The van der Waals surface area contributed by atoms with Gasteiger partial charge in [0.1, 0.15) is 17.2 Å². The Morgan fingerprint density at radius 2 is 1.79 bits per heavy atom. The topological polar surface area (TPSA) is 111 Å². The average molecular weight is 485 g/mol. The largest absolute Gasteiger partial charge is 0.457 e. The van der Waals surface area contributed by atoms with Crippen molar-refractivity contribution in [2.24, 2.45) is 5.73 Å². The number of imide groups is 1. The van der Waals surface area contributed by atoms with E-state index in [4.69, 9.17) is 10.5 Å². The molecule has 3 N–H and O–H groups in total. The molecular formula is C23H14F3N3O4S. The lowest BCUT2D eigenvalue weighted by Crippen LogP contribution is -2.17. The van der Waals surface area contributed by atoms with Crippen LogP contribution in [0, 0.1) is 0 Å². The Balaban J connectivity index is 1.65. The minimum Gasteiger partial charge on any atom is -0.457 e. The van der Waals surface area contributed by atoms with Gasteiger partial charge in [-0.15, -0.1) is 0 Å². The molecule has 1 fully saturated rings. The number of hydrogen-bond donors (Lipinski definition) is 2. The number of nitrogens with zero attached hydrogens (tertiary/aromatic N) is 1. The summed E-state index contributed by atoms with van der Waals surface area (Å²) in [6.07, 6.45) is -3.44. The molecule has 0 atom stereocenters. The van der Waals surface area contributed by atoms with Gasteiger partial charge in [-0.25, -0.2) is 4.98 Å². The van der Waals surface area contributed by atoms with E-state index in [1.807, 2.05) is 0 Å². The fourth-order valence-corrected chi connectivity index (χ4v) is 3.72. The third kappa shape index (κ3) is 5.09. The van der Waals surface area contributed by atoms with Gasteiger partial charge in [-0.1, -0.05) is 6.07 Å². The molecule has 1 aliphatic rings. The van der Waals surface area contributed by atoms with Crippen molar-refractivity contribution >= 4 is 34.9 Å². The second-order valence-electron chi connectivity index (χ2n) is 7.00. The molecule has 3 aromatic rings. The average Bonchev–Trinajstić information content (AvgIpc) is 3.11. The van der Waals surface area contributed by atoms with E-state index in [-0.39, 0.29) is 21.9 Å². The number of hydrogen-bond acceptors (Lipinski definition) is 6. The van der Waals surface area contributed by atoms with Crippen molar-refractivity contribution in [3.8, 4) is 22.8 Å². The van der Waals surface area contributed by atoms with Crippen LogP contribution in [0.5, 0.6) is 11.5 Å². The maximum atomic E-state index is 13.2. The smallest absolute Gasteiger partial charge is 0.416 e. The summed E-state index contributed by atoms with van der Waals surface area (Å²) in [6.45, 7) is 0. The first-order valence-corrected chi connectivity index (χ1v) is 10.4. The number of rotatable bonds is 5. The molecule has 0 aliphatic carbocycles. The summed E-state index contributed by atoms with van der Waals surface area (Å²) in [5.74, 6) is -1.02. The van der Waals surface area contributed by atoms with Crippen molar-refractivity contribution in [3.63, 3.8) is 0 Å². The molecule has 7 nitrogen and oxygen atoms in total. The zero-order chi connectivity index (χ0) is 24.5. The van der Waals surface area contributed by atoms with E-state index >= 15 is 0 Å². The van der Waals surface area contributed by atoms with E-state index < -0.39 is 28.8 Å². The summed E-state index contributed by atoms with van der Waals surface area (Å²) in [5, 5.41) is 1.44. The minimum absolute atomic E-state index is 0.0259. The van der Waals surface area contributed by atoms with Crippen LogP contribution in [0.15, 0.2) is 65.6 Å². The quantitative estimate of drug-likeness (QED) is 0.493. The molecule has 1 saturated heterocycles. The van der Waals surface area contributed by atoms with E-state index in [1.165, 1.54) is 12.1 Å². The SMILES string of the molecule is NC(=O)c1cccc(-c2ccc(Oc3ccc(C(F)(F)F)cc3C=C3SC(=O)NC3=O)cc2)n1. The number of carbonyl (C=O) groups excluding carboxylic acids is 3. The maximum Gasteiger partial charge on any atom is 0.416 e. The van der Waals surface area contributed by atoms with Gasteiger partial charge in [0, 0.05) is 11.1 Å². The summed E-state index contributed by atoms with van der Waals surface area (Å²) >= 11 is 0.584. The normalized spacial score (nSPS) is 14.9. The number of halogens is 3. The Hall–Kier alpha value is -4.12. The van der Waals surface area contributed by atoms with Crippen LogP contribution >= 0.6 is 11.8 Å². The highest BCUT2D eigenvalue weighted by atomic mass is 32.2. The van der Waals surface area contributed by atoms with E-state index in [9.17, 15) is 27.6 Å².